The number of esters is 1. The highest BCUT2D eigenvalue weighted by Gasteiger charge is 2.36. The topological polar surface area (TPSA) is 134 Å². The van der Waals surface area contributed by atoms with Gasteiger partial charge < -0.3 is 30.1 Å². The van der Waals surface area contributed by atoms with Crippen LogP contribution >= 0.6 is 0 Å². The number of hydrogen-bond donors (Lipinski definition) is 3. The maximum Gasteiger partial charge on any atom is 0.408 e. The summed E-state index contributed by atoms with van der Waals surface area (Å²) in [5, 5.41) is 15.1. The van der Waals surface area contributed by atoms with Gasteiger partial charge in [-0.25, -0.2) is 4.79 Å². The van der Waals surface area contributed by atoms with Crippen LogP contribution in [0, 0.1) is 5.92 Å². The number of nitrogens with zero attached hydrogens (tertiary/aromatic N) is 1. The summed E-state index contributed by atoms with van der Waals surface area (Å²) in [7, 11) is 1.22. The van der Waals surface area contributed by atoms with Crippen LogP contribution in [0.4, 0.5) is 4.79 Å². The van der Waals surface area contributed by atoms with Gasteiger partial charge in [-0.05, 0) is 57.2 Å². The number of phenolic OH excluding ortho intramolecular Hbond substituents is 1. The van der Waals surface area contributed by atoms with Gasteiger partial charge in [0.05, 0.1) is 7.11 Å². The van der Waals surface area contributed by atoms with Crippen molar-refractivity contribution >= 4 is 23.9 Å². The van der Waals surface area contributed by atoms with E-state index in [1.807, 2.05) is 13.8 Å². The van der Waals surface area contributed by atoms with Gasteiger partial charge in [0.2, 0.25) is 11.8 Å². The summed E-state index contributed by atoms with van der Waals surface area (Å²) in [4.78, 5) is 53.5. The highest BCUT2D eigenvalue weighted by Crippen LogP contribution is 2.26. The first kappa shape index (κ1) is 33.7. The Labute approximate surface area is 232 Å². The maximum absolute atomic E-state index is 14.1. The van der Waals surface area contributed by atoms with Crippen LogP contribution in [0.15, 0.2) is 24.3 Å². The largest absolute Gasteiger partial charge is 0.508 e. The molecule has 0 radical (unpaired) electrons. The second-order valence-corrected chi connectivity index (χ2v) is 11.1. The molecule has 2 unspecified atom stereocenters. The molecule has 10 nitrogen and oxygen atoms in total. The first-order valence-electron chi connectivity index (χ1n) is 13.7. The molecule has 220 valence electrons. The van der Waals surface area contributed by atoms with Gasteiger partial charge in [-0.3, -0.25) is 14.4 Å². The van der Waals surface area contributed by atoms with Crippen molar-refractivity contribution < 1.29 is 33.8 Å². The van der Waals surface area contributed by atoms with Crippen molar-refractivity contribution in [2.45, 2.75) is 97.8 Å². The van der Waals surface area contributed by atoms with Crippen LogP contribution < -0.4 is 10.6 Å². The van der Waals surface area contributed by atoms with Crippen LogP contribution in [0.5, 0.6) is 5.75 Å². The van der Waals surface area contributed by atoms with E-state index in [1.54, 1.807) is 32.9 Å². The minimum Gasteiger partial charge on any atom is -0.508 e. The van der Waals surface area contributed by atoms with Crippen molar-refractivity contribution in [3.05, 3.63) is 29.8 Å². The number of methoxy groups -OCH3 is 1. The molecule has 1 rings (SSSR count). The van der Waals surface area contributed by atoms with E-state index in [0.717, 1.165) is 25.7 Å². The lowest BCUT2D eigenvalue weighted by atomic mass is 9.98. The summed E-state index contributed by atoms with van der Waals surface area (Å²) in [5.41, 5.74) is -0.297. The monoisotopic (exact) mass is 549 g/mol. The molecule has 3 amide bonds. The van der Waals surface area contributed by atoms with Gasteiger partial charge in [0, 0.05) is 6.54 Å². The minimum absolute atomic E-state index is 0.00851. The fourth-order valence-corrected chi connectivity index (χ4v) is 4.05. The second-order valence-electron chi connectivity index (χ2n) is 11.1. The molecule has 0 aliphatic carbocycles. The molecule has 0 spiro atoms. The van der Waals surface area contributed by atoms with Gasteiger partial charge in [0.25, 0.3) is 0 Å². The third-order valence-corrected chi connectivity index (χ3v) is 5.89. The van der Waals surface area contributed by atoms with E-state index in [2.05, 4.69) is 22.3 Å². The van der Waals surface area contributed by atoms with Gasteiger partial charge in [0.15, 0.2) is 0 Å². The van der Waals surface area contributed by atoms with Crippen molar-refractivity contribution in [1.29, 1.82) is 0 Å². The van der Waals surface area contributed by atoms with E-state index in [-0.39, 0.29) is 24.8 Å². The quantitative estimate of drug-likeness (QED) is 0.217. The number of benzene rings is 1. The zero-order valence-corrected chi connectivity index (χ0v) is 24.5. The van der Waals surface area contributed by atoms with Crippen molar-refractivity contribution in [1.82, 2.24) is 15.5 Å². The van der Waals surface area contributed by atoms with Crippen LogP contribution in [0.1, 0.15) is 91.7 Å². The molecule has 0 aliphatic rings. The Bertz CT molecular complexity index is 926. The summed E-state index contributed by atoms with van der Waals surface area (Å²) >= 11 is 0. The van der Waals surface area contributed by atoms with E-state index in [4.69, 9.17) is 4.74 Å². The van der Waals surface area contributed by atoms with Gasteiger partial charge in [-0.2, -0.15) is 0 Å². The Morgan fingerprint density at radius 3 is 2.15 bits per heavy atom. The van der Waals surface area contributed by atoms with Crippen LogP contribution in [-0.4, -0.2) is 65.7 Å². The number of phenols is 1. The maximum atomic E-state index is 14.1. The molecule has 0 saturated heterocycles. The number of amides is 3. The van der Waals surface area contributed by atoms with Gasteiger partial charge in [-0.1, -0.05) is 58.6 Å². The average Bonchev–Trinajstić information content (AvgIpc) is 2.85. The van der Waals surface area contributed by atoms with Crippen molar-refractivity contribution in [3.8, 4) is 5.75 Å². The molecule has 0 aliphatic heterocycles. The number of carbonyl (C=O) groups is 4. The number of aromatic hydroxyl groups is 1. The summed E-state index contributed by atoms with van der Waals surface area (Å²) in [6, 6.07) is 3.95. The Hall–Kier alpha value is -3.30. The molecule has 10 heteroatoms. The van der Waals surface area contributed by atoms with E-state index in [0.29, 0.717) is 18.4 Å². The number of unbranched alkanes of at least 4 members (excludes halogenated alkanes) is 4. The fourth-order valence-electron chi connectivity index (χ4n) is 4.05. The SMILES string of the molecule is CCCCCCCN(C(=O)C(CC(C)C)NC(=O)OC(C)(C)C)C(C(=O)NCC(=O)OC)c1ccc(O)cc1. The number of rotatable bonds is 15. The van der Waals surface area contributed by atoms with Gasteiger partial charge >= 0.3 is 12.1 Å². The number of hydrogen-bond acceptors (Lipinski definition) is 7. The molecule has 2 atom stereocenters. The standard InChI is InChI=1S/C29H47N3O7/c1-8-9-10-11-12-17-32(27(36)23(18-20(2)3)31-28(37)39-29(4,5)6)25(21-13-15-22(33)16-14-21)26(35)30-19-24(34)38-7/h13-16,20,23,25,33H,8-12,17-19H2,1-7H3,(H,30,35)(H,31,37). The predicted molar refractivity (Wildman–Crippen MR) is 149 cm³/mol. The molecule has 39 heavy (non-hydrogen) atoms. The first-order chi connectivity index (χ1) is 18.3. The Morgan fingerprint density at radius 2 is 1.62 bits per heavy atom. The van der Waals surface area contributed by atoms with Crippen LogP contribution in [-0.2, 0) is 23.9 Å². The Morgan fingerprint density at radius 1 is 1.00 bits per heavy atom. The molecule has 0 heterocycles. The Balaban J connectivity index is 3.45. The summed E-state index contributed by atoms with van der Waals surface area (Å²) in [5.74, 6) is -1.57. The van der Waals surface area contributed by atoms with Crippen LogP contribution in [0.3, 0.4) is 0 Å². The zero-order chi connectivity index (χ0) is 29.6. The summed E-state index contributed by atoms with van der Waals surface area (Å²) < 4.78 is 10.1. The van der Waals surface area contributed by atoms with E-state index >= 15 is 0 Å². The zero-order valence-electron chi connectivity index (χ0n) is 24.5. The van der Waals surface area contributed by atoms with E-state index in [1.165, 1.54) is 24.1 Å². The lowest BCUT2D eigenvalue weighted by Crippen LogP contribution is -2.54. The highest BCUT2D eigenvalue weighted by atomic mass is 16.6. The molecule has 0 aromatic heterocycles. The minimum atomic E-state index is -1.11. The molecule has 0 bridgehead atoms. The highest BCUT2D eigenvalue weighted by molar-refractivity contribution is 5.93. The number of ether oxygens (including phenoxy) is 2. The van der Waals surface area contributed by atoms with Crippen LogP contribution in [0.25, 0.3) is 0 Å². The molecular weight excluding hydrogens is 502 g/mol. The third kappa shape index (κ3) is 12.9. The second kappa shape index (κ2) is 16.6. The first-order valence-corrected chi connectivity index (χ1v) is 13.7. The lowest BCUT2D eigenvalue weighted by molar-refractivity contribution is -0.145. The Kier molecular flexibility index (Phi) is 14.4. The van der Waals surface area contributed by atoms with Crippen molar-refractivity contribution in [2.75, 3.05) is 20.2 Å². The van der Waals surface area contributed by atoms with E-state index in [9.17, 15) is 24.3 Å². The number of carbonyl (C=O) groups excluding carboxylic acids is 4. The van der Waals surface area contributed by atoms with Crippen LogP contribution in [0.2, 0.25) is 0 Å². The summed E-state index contributed by atoms with van der Waals surface area (Å²) in [6.45, 7) is 11.1. The smallest absolute Gasteiger partial charge is 0.408 e. The predicted octanol–water partition coefficient (Wildman–Crippen LogP) is 4.46. The number of alkyl carbamates (subject to hydrolysis) is 1. The molecule has 1 aromatic carbocycles. The van der Waals surface area contributed by atoms with Crippen molar-refractivity contribution in [3.63, 3.8) is 0 Å². The average molecular weight is 550 g/mol. The lowest BCUT2D eigenvalue weighted by Gasteiger charge is -2.35. The third-order valence-electron chi connectivity index (χ3n) is 5.89. The molecule has 1 aromatic rings. The molecular formula is C29H47N3O7. The summed E-state index contributed by atoms with van der Waals surface area (Å²) in [6.07, 6.45) is 4.22. The number of nitrogens with one attached hydrogen (secondary N) is 2. The normalized spacial score (nSPS) is 12.8. The fraction of sp³-hybridized carbons (Fsp3) is 0.655. The molecule has 0 saturated carbocycles. The van der Waals surface area contributed by atoms with Gasteiger partial charge in [-0.15, -0.1) is 0 Å². The molecule has 0 fully saturated rings. The van der Waals surface area contributed by atoms with Crippen molar-refractivity contribution in [2.24, 2.45) is 5.92 Å². The molecule has 3 N–H and O–H groups in total. The van der Waals surface area contributed by atoms with Gasteiger partial charge in [0.1, 0.15) is 30.0 Å². The van der Waals surface area contributed by atoms with E-state index < -0.39 is 41.6 Å².